The number of benzene rings is 2. The van der Waals surface area contributed by atoms with Gasteiger partial charge in [0.15, 0.2) is 0 Å². The van der Waals surface area contributed by atoms with Crippen molar-refractivity contribution in [3.63, 3.8) is 0 Å². The third-order valence-electron chi connectivity index (χ3n) is 5.60. The van der Waals surface area contributed by atoms with Crippen molar-refractivity contribution in [2.45, 2.75) is 6.42 Å². The van der Waals surface area contributed by atoms with E-state index in [1.807, 2.05) is 42.5 Å². The second-order valence-electron chi connectivity index (χ2n) is 7.56. The number of carbonyl (C=O) groups is 2. The molecule has 0 bridgehead atoms. The first-order chi connectivity index (χ1) is 14.1. The molecule has 2 aromatic rings. The Bertz CT molecular complexity index is 865. The Balaban J connectivity index is 1.25. The Labute approximate surface area is 170 Å². The Morgan fingerprint density at radius 2 is 1.69 bits per heavy atom. The van der Waals surface area contributed by atoms with Crippen molar-refractivity contribution in [2.75, 3.05) is 49.1 Å². The predicted octanol–water partition coefficient (Wildman–Crippen LogP) is 2.28. The Morgan fingerprint density at radius 1 is 1.00 bits per heavy atom. The largest absolute Gasteiger partial charge is 0.506 e. The highest BCUT2D eigenvalue weighted by atomic mass is 16.3. The van der Waals surface area contributed by atoms with Gasteiger partial charge in [-0.05, 0) is 24.3 Å². The van der Waals surface area contributed by atoms with E-state index in [1.54, 1.807) is 21.9 Å². The van der Waals surface area contributed by atoms with Gasteiger partial charge in [0.25, 0.3) is 0 Å². The first-order valence-electron chi connectivity index (χ1n) is 10.0. The average molecular weight is 394 g/mol. The zero-order valence-electron chi connectivity index (χ0n) is 16.3. The molecule has 2 aliphatic rings. The monoisotopic (exact) mass is 394 g/mol. The van der Waals surface area contributed by atoms with Crippen LogP contribution in [0, 0.1) is 5.92 Å². The molecule has 0 saturated carbocycles. The van der Waals surface area contributed by atoms with Crippen LogP contribution in [0.5, 0.6) is 5.75 Å². The molecule has 29 heavy (non-hydrogen) atoms. The number of aromatic hydroxyl groups is 1. The quantitative estimate of drug-likeness (QED) is 0.834. The molecule has 4 rings (SSSR count). The van der Waals surface area contributed by atoms with Gasteiger partial charge >= 0.3 is 6.03 Å². The number of urea groups is 1. The molecule has 2 heterocycles. The lowest BCUT2D eigenvalue weighted by molar-refractivity contribution is -0.117. The van der Waals surface area contributed by atoms with Gasteiger partial charge in [-0.15, -0.1) is 0 Å². The number of rotatable bonds is 4. The molecule has 0 aromatic heterocycles. The SMILES string of the molecule is O=C(NC[C@@H]1CC(=O)N(c2ccccc2)C1)N1CCN(c2ccccc2O)CC1. The van der Waals surface area contributed by atoms with Crippen LogP contribution < -0.4 is 15.1 Å². The number of phenolic OH excluding ortho intramolecular Hbond substituents is 1. The Hall–Kier alpha value is -3.22. The molecule has 2 fully saturated rings. The molecular weight excluding hydrogens is 368 g/mol. The van der Waals surface area contributed by atoms with E-state index in [0.29, 0.717) is 45.7 Å². The van der Waals surface area contributed by atoms with Crippen LogP contribution in [0.2, 0.25) is 0 Å². The fraction of sp³-hybridized carbons (Fsp3) is 0.364. The number of piperazine rings is 1. The van der Waals surface area contributed by atoms with Crippen LogP contribution in [0.3, 0.4) is 0 Å². The summed E-state index contributed by atoms with van der Waals surface area (Å²) in [6.07, 6.45) is 0.455. The van der Waals surface area contributed by atoms with E-state index in [2.05, 4.69) is 10.2 Å². The average Bonchev–Trinajstić information content (AvgIpc) is 3.14. The van der Waals surface area contributed by atoms with E-state index in [9.17, 15) is 14.7 Å². The maximum absolute atomic E-state index is 12.5. The molecule has 7 heteroatoms. The van der Waals surface area contributed by atoms with Crippen LogP contribution in [0.1, 0.15) is 6.42 Å². The topological polar surface area (TPSA) is 76.1 Å². The van der Waals surface area contributed by atoms with Crippen LogP contribution in [-0.2, 0) is 4.79 Å². The fourth-order valence-electron chi connectivity index (χ4n) is 4.00. The van der Waals surface area contributed by atoms with Gasteiger partial charge in [0.2, 0.25) is 5.91 Å². The summed E-state index contributed by atoms with van der Waals surface area (Å²) in [7, 11) is 0. The number of nitrogens with zero attached hydrogens (tertiary/aromatic N) is 3. The van der Waals surface area contributed by atoms with Gasteiger partial charge < -0.3 is 25.1 Å². The summed E-state index contributed by atoms with van der Waals surface area (Å²) < 4.78 is 0. The van der Waals surface area contributed by atoms with Crippen molar-refractivity contribution in [2.24, 2.45) is 5.92 Å². The predicted molar refractivity (Wildman–Crippen MR) is 112 cm³/mol. The molecule has 152 valence electrons. The molecule has 3 amide bonds. The highest BCUT2D eigenvalue weighted by molar-refractivity contribution is 5.95. The maximum Gasteiger partial charge on any atom is 0.317 e. The zero-order valence-corrected chi connectivity index (χ0v) is 16.3. The highest BCUT2D eigenvalue weighted by Gasteiger charge is 2.31. The van der Waals surface area contributed by atoms with Crippen molar-refractivity contribution in [3.8, 4) is 5.75 Å². The summed E-state index contributed by atoms with van der Waals surface area (Å²) >= 11 is 0. The summed E-state index contributed by atoms with van der Waals surface area (Å²) in [4.78, 5) is 30.5. The van der Waals surface area contributed by atoms with Crippen LogP contribution in [0.15, 0.2) is 54.6 Å². The van der Waals surface area contributed by atoms with E-state index in [1.165, 1.54) is 0 Å². The maximum atomic E-state index is 12.5. The van der Waals surface area contributed by atoms with Gasteiger partial charge in [0.05, 0.1) is 5.69 Å². The Kier molecular flexibility index (Phi) is 5.55. The van der Waals surface area contributed by atoms with Crippen molar-refractivity contribution in [1.82, 2.24) is 10.2 Å². The lowest BCUT2D eigenvalue weighted by Crippen LogP contribution is -2.52. The highest BCUT2D eigenvalue weighted by Crippen LogP contribution is 2.27. The number of phenols is 1. The first-order valence-corrected chi connectivity index (χ1v) is 10.0. The molecular formula is C22H26N4O3. The second-order valence-corrected chi connectivity index (χ2v) is 7.56. The van der Waals surface area contributed by atoms with Crippen LogP contribution >= 0.6 is 0 Å². The van der Waals surface area contributed by atoms with Crippen molar-refractivity contribution >= 4 is 23.3 Å². The van der Waals surface area contributed by atoms with Gasteiger partial charge in [-0.3, -0.25) is 4.79 Å². The lowest BCUT2D eigenvalue weighted by Gasteiger charge is -2.36. The molecule has 0 spiro atoms. The lowest BCUT2D eigenvalue weighted by atomic mass is 10.1. The first kappa shape index (κ1) is 19.1. The minimum atomic E-state index is -0.0902. The van der Waals surface area contributed by atoms with E-state index in [4.69, 9.17) is 0 Å². The molecule has 0 aliphatic carbocycles. The van der Waals surface area contributed by atoms with E-state index < -0.39 is 0 Å². The molecule has 2 N–H and O–H groups in total. The normalized spacial score (nSPS) is 19.5. The molecule has 0 radical (unpaired) electrons. The van der Waals surface area contributed by atoms with Crippen molar-refractivity contribution in [3.05, 3.63) is 54.6 Å². The number of carbonyl (C=O) groups excluding carboxylic acids is 2. The van der Waals surface area contributed by atoms with Gasteiger partial charge in [-0.25, -0.2) is 4.79 Å². The van der Waals surface area contributed by atoms with Crippen LogP contribution in [0.4, 0.5) is 16.2 Å². The third-order valence-corrected chi connectivity index (χ3v) is 5.60. The third kappa shape index (κ3) is 4.29. The minimum Gasteiger partial charge on any atom is -0.506 e. The standard InChI is InChI=1S/C22H26N4O3/c27-20-9-5-4-8-19(20)24-10-12-25(13-11-24)22(29)23-15-17-14-21(28)26(16-17)18-6-2-1-3-7-18/h1-9,17,27H,10-16H2,(H,23,29)/t17-/m0/s1. The summed E-state index contributed by atoms with van der Waals surface area (Å²) in [6.45, 7) is 3.67. The van der Waals surface area contributed by atoms with Gasteiger partial charge in [-0.1, -0.05) is 30.3 Å². The molecule has 2 aliphatic heterocycles. The van der Waals surface area contributed by atoms with E-state index in [0.717, 1.165) is 11.4 Å². The number of nitrogens with one attached hydrogen (secondary N) is 1. The number of anilines is 2. The van der Waals surface area contributed by atoms with Crippen LogP contribution in [-0.4, -0.2) is 61.2 Å². The van der Waals surface area contributed by atoms with Crippen molar-refractivity contribution < 1.29 is 14.7 Å². The molecule has 0 unspecified atom stereocenters. The van der Waals surface area contributed by atoms with Gasteiger partial charge in [0.1, 0.15) is 5.75 Å². The smallest absolute Gasteiger partial charge is 0.317 e. The van der Waals surface area contributed by atoms with E-state index >= 15 is 0 Å². The molecule has 2 aromatic carbocycles. The minimum absolute atomic E-state index is 0.0902. The second kappa shape index (κ2) is 8.43. The fourth-order valence-corrected chi connectivity index (χ4v) is 4.00. The zero-order chi connectivity index (χ0) is 20.2. The summed E-state index contributed by atoms with van der Waals surface area (Å²) in [5, 5.41) is 13.0. The number of para-hydroxylation sites is 3. The molecule has 1 atom stereocenters. The van der Waals surface area contributed by atoms with Gasteiger partial charge in [0, 0.05) is 57.3 Å². The summed E-state index contributed by atoms with van der Waals surface area (Å²) in [5.41, 5.74) is 1.71. The summed E-state index contributed by atoms with van der Waals surface area (Å²) in [6, 6.07) is 16.8. The number of amides is 3. The van der Waals surface area contributed by atoms with Crippen LogP contribution in [0.25, 0.3) is 0 Å². The van der Waals surface area contributed by atoms with Gasteiger partial charge in [-0.2, -0.15) is 0 Å². The van der Waals surface area contributed by atoms with E-state index in [-0.39, 0.29) is 23.6 Å². The molecule has 2 saturated heterocycles. The number of hydrogen-bond donors (Lipinski definition) is 2. The summed E-state index contributed by atoms with van der Waals surface area (Å²) in [5.74, 6) is 0.486. The molecule has 7 nitrogen and oxygen atoms in total. The van der Waals surface area contributed by atoms with Crippen molar-refractivity contribution in [1.29, 1.82) is 0 Å². The number of hydrogen-bond acceptors (Lipinski definition) is 4. The Morgan fingerprint density at radius 3 is 2.41 bits per heavy atom.